The summed E-state index contributed by atoms with van der Waals surface area (Å²) >= 11 is 0. The average molecular weight is 274 g/mol. The van der Waals surface area contributed by atoms with Gasteiger partial charge in [-0.15, -0.1) is 0 Å². The molecule has 1 heterocycles. The summed E-state index contributed by atoms with van der Waals surface area (Å²) in [5.74, 6) is 0.855. The van der Waals surface area contributed by atoms with Gasteiger partial charge in [-0.3, -0.25) is 4.79 Å². The third-order valence-corrected chi connectivity index (χ3v) is 4.49. The van der Waals surface area contributed by atoms with Crippen LogP contribution in [0.25, 0.3) is 0 Å². The Morgan fingerprint density at radius 2 is 1.85 bits per heavy atom. The lowest BCUT2D eigenvalue weighted by molar-refractivity contribution is 0.0608. The first kappa shape index (κ1) is 14.9. The van der Waals surface area contributed by atoms with Crippen LogP contribution in [0.2, 0.25) is 0 Å². The number of benzene rings is 1. The Labute approximate surface area is 122 Å². The van der Waals surface area contributed by atoms with Crippen LogP contribution in [0.4, 0.5) is 5.69 Å². The number of carbonyl (C=O) groups excluding carboxylic acids is 1. The zero-order valence-electron chi connectivity index (χ0n) is 13.1. The van der Waals surface area contributed by atoms with Crippen LogP contribution in [0, 0.1) is 18.3 Å². The summed E-state index contributed by atoms with van der Waals surface area (Å²) in [6.07, 6.45) is 2.20. The molecule has 0 radical (unpaired) electrons. The fourth-order valence-electron chi connectivity index (χ4n) is 3.05. The summed E-state index contributed by atoms with van der Waals surface area (Å²) in [7, 11) is 0. The van der Waals surface area contributed by atoms with Gasteiger partial charge in [-0.2, -0.15) is 0 Å². The topological polar surface area (TPSA) is 46.3 Å². The van der Waals surface area contributed by atoms with Gasteiger partial charge in [-0.05, 0) is 54.9 Å². The molecule has 1 aliphatic rings. The molecule has 1 saturated heterocycles. The number of hydrogen-bond acceptors (Lipinski definition) is 2. The monoisotopic (exact) mass is 274 g/mol. The van der Waals surface area contributed by atoms with Gasteiger partial charge >= 0.3 is 0 Å². The van der Waals surface area contributed by atoms with Gasteiger partial charge < -0.3 is 10.6 Å². The Kier molecular flexibility index (Phi) is 4.07. The highest BCUT2D eigenvalue weighted by Crippen LogP contribution is 2.34. The molecule has 2 rings (SSSR count). The van der Waals surface area contributed by atoms with Crippen molar-refractivity contribution >= 4 is 11.6 Å². The maximum Gasteiger partial charge on any atom is 0.254 e. The summed E-state index contributed by atoms with van der Waals surface area (Å²) in [5.41, 5.74) is 8.55. The summed E-state index contributed by atoms with van der Waals surface area (Å²) < 4.78 is 0. The van der Waals surface area contributed by atoms with Crippen LogP contribution < -0.4 is 5.73 Å². The van der Waals surface area contributed by atoms with Crippen molar-refractivity contribution < 1.29 is 4.79 Å². The molecule has 0 unspecified atom stereocenters. The molecular weight excluding hydrogens is 248 g/mol. The number of nitrogens with zero attached hydrogens (tertiary/aromatic N) is 1. The fraction of sp³-hybridized carbons (Fsp3) is 0.588. The minimum absolute atomic E-state index is 0.148. The maximum absolute atomic E-state index is 12.6. The van der Waals surface area contributed by atoms with E-state index < -0.39 is 0 Å². The molecule has 0 bridgehead atoms. The van der Waals surface area contributed by atoms with Crippen molar-refractivity contribution in [3.05, 3.63) is 29.3 Å². The normalized spacial score (nSPS) is 17.3. The van der Waals surface area contributed by atoms with Crippen LogP contribution in [0.3, 0.4) is 0 Å². The molecule has 1 aromatic rings. The van der Waals surface area contributed by atoms with E-state index >= 15 is 0 Å². The Morgan fingerprint density at radius 1 is 1.25 bits per heavy atom. The number of hydrogen-bond donors (Lipinski definition) is 1. The minimum atomic E-state index is 0.148. The molecule has 0 aliphatic carbocycles. The van der Waals surface area contributed by atoms with Crippen molar-refractivity contribution in [1.82, 2.24) is 4.90 Å². The lowest BCUT2D eigenvalue weighted by atomic mass is 9.75. The van der Waals surface area contributed by atoms with Gasteiger partial charge in [-0.1, -0.05) is 20.8 Å². The first-order valence-electron chi connectivity index (χ1n) is 7.44. The van der Waals surface area contributed by atoms with Crippen molar-refractivity contribution in [2.75, 3.05) is 18.8 Å². The Bertz CT molecular complexity index is 494. The Balaban J connectivity index is 2.05. The first-order valence-corrected chi connectivity index (χ1v) is 7.44. The predicted octanol–water partition coefficient (Wildman–Crippen LogP) is 3.48. The average Bonchev–Trinajstić information content (AvgIpc) is 2.37. The molecule has 110 valence electrons. The van der Waals surface area contributed by atoms with E-state index in [-0.39, 0.29) is 5.91 Å². The third-order valence-electron chi connectivity index (χ3n) is 4.49. The molecule has 3 nitrogen and oxygen atoms in total. The van der Waals surface area contributed by atoms with E-state index in [0.717, 1.165) is 37.1 Å². The van der Waals surface area contributed by atoms with Crippen molar-refractivity contribution in [2.24, 2.45) is 11.3 Å². The number of rotatable bonds is 1. The van der Waals surface area contributed by atoms with Crippen LogP contribution in [-0.2, 0) is 0 Å². The van der Waals surface area contributed by atoms with Crippen LogP contribution in [0.5, 0.6) is 0 Å². The highest BCUT2D eigenvalue weighted by Gasteiger charge is 2.30. The van der Waals surface area contributed by atoms with Gasteiger partial charge in [0.05, 0.1) is 0 Å². The third kappa shape index (κ3) is 3.14. The van der Waals surface area contributed by atoms with Crippen molar-refractivity contribution in [3.63, 3.8) is 0 Å². The van der Waals surface area contributed by atoms with Gasteiger partial charge in [0.1, 0.15) is 0 Å². The maximum atomic E-state index is 12.6. The summed E-state index contributed by atoms with van der Waals surface area (Å²) in [4.78, 5) is 14.6. The van der Waals surface area contributed by atoms with E-state index in [1.54, 1.807) is 0 Å². The van der Waals surface area contributed by atoms with Crippen LogP contribution in [0.15, 0.2) is 18.2 Å². The highest BCUT2D eigenvalue weighted by atomic mass is 16.2. The molecule has 20 heavy (non-hydrogen) atoms. The standard InChI is InChI=1S/C17H26N2O/c1-12-11-14(18)5-6-15(12)16(20)19-9-7-13(8-10-19)17(2,3)4/h5-6,11,13H,7-10,18H2,1-4H3. The number of amides is 1. The van der Waals surface area contributed by atoms with E-state index in [2.05, 4.69) is 20.8 Å². The van der Waals surface area contributed by atoms with E-state index in [1.807, 2.05) is 30.0 Å². The van der Waals surface area contributed by atoms with Crippen molar-refractivity contribution in [2.45, 2.75) is 40.5 Å². The van der Waals surface area contributed by atoms with Gasteiger partial charge in [-0.25, -0.2) is 0 Å². The quantitative estimate of drug-likeness (QED) is 0.797. The molecule has 0 spiro atoms. The van der Waals surface area contributed by atoms with Gasteiger partial charge in [0, 0.05) is 24.3 Å². The molecular formula is C17H26N2O. The smallest absolute Gasteiger partial charge is 0.254 e. The molecule has 0 atom stereocenters. The lowest BCUT2D eigenvalue weighted by Crippen LogP contribution is -2.41. The molecule has 0 saturated carbocycles. The number of aryl methyl sites for hydroxylation is 1. The summed E-state index contributed by atoms with van der Waals surface area (Å²) in [5, 5.41) is 0. The van der Waals surface area contributed by atoms with Crippen molar-refractivity contribution in [3.8, 4) is 0 Å². The van der Waals surface area contributed by atoms with Gasteiger partial charge in [0.15, 0.2) is 0 Å². The number of piperidine rings is 1. The summed E-state index contributed by atoms with van der Waals surface area (Å²) in [6.45, 7) is 10.6. The zero-order chi connectivity index (χ0) is 14.9. The van der Waals surface area contributed by atoms with Crippen LogP contribution >= 0.6 is 0 Å². The summed E-state index contributed by atoms with van der Waals surface area (Å²) in [6, 6.07) is 5.53. The number of nitrogens with two attached hydrogens (primary N) is 1. The second kappa shape index (κ2) is 5.47. The molecule has 1 aliphatic heterocycles. The Morgan fingerprint density at radius 3 is 2.35 bits per heavy atom. The zero-order valence-corrected chi connectivity index (χ0v) is 13.1. The van der Waals surface area contributed by atoms with Crippen molar-refractivity contribution in [1.29, 1.82) is 0 Å². The van der Waals surface area contributed by atoms with Gasteiger partial charge in [0.2, 0.25) is 0 Å². The Hall–Kier alpha value is -1.51. The van der Waals surface area contributed by atoms with E-state index in [0.29, 0.717) is 17.0 Å². The molecule has 1 amide bonds. The molecule has 1 aromatic carbocycles. The fourth-order valence-corrected chi connectivity index (χ4v) is 3.05. The second-order valence-corrected chi connectivity index (χ2v) is 7.01. The SMILES string of the molecule is Cc1cc(N)ccc1C(=O)N1CCC(C(C)(C)C)CC1. The number of nitrogen functional groups attached to an aromatic ring is 1. The second-order valence-electron chi connectivity index (χ2n) is 7.01. The number of likely N-dealkylation sites (tertiary alicyclic amines) is 1. The van der Waals surface area contributed by atoms with Crippen LogP contribution in [-0.4, -0.2) is 23.9 Å². The number of anilines is 1. The molecule has 0 aromatic heterocycles. The minimum Gasteiger partial charge on any atom is -0.399 e. The van der Waals surface area contributed by atoms with E-state index in [1.165, 1.54) is 0 Å². The van der Waals surface area contributed by atoms with Gasteiger partial charge in [0.25, 0.3) is 5.91 Å². The molecule has 3 heteroatoms. The lowest BCUT2D eigenvalue weighted by Gasteiger charge is -2.39. The number of carbonyl (C=O) groups is 1. The largest absolute Gasteiger partial charge is 0.399 e. The molecule has 2 N–H and O–H groups in total. The predicted molar refractivity (Wildman–Crippen MR) is 83.7 cm³/mol. The molecule has 1 fully saturated rings. The van der Waals surface area contributed by atoms with Crippen LogP contribution in [0.1, 0.15) is 49.5 Å². The van der Waals surface area contributed by atoms with E-state index in [4.69, 9.17) is 5.73 Å². The van der Waals surface area contributed by atoms with E-state index in [9.17, 15) is 4.79 Å². The first-order chi connectivity index (χ1) is 9.29. The highest BCUT2D eigenvalue weighted by molar-refractivity contribution is 5.96.